The van der Waals surface area contributed by atoms with E-state index in [0.717, 1.165) is 29.8 Å². The molecule has 0 aliphatic carbocycles. The summed E-state index contributed by atoms with van der Waals surface area (Å²) in [4.78, 5) is 14.2. The van der Waals surface area contributed by atoms with Crippen molar-refractivity contribution in [1.29, 1.82) is 0 Å². The SMILES string of the molecule is CCNCc1cc(Br)ccc1N1CCOCC1C(=O)NC. The summed E-state index contributed by atoms with van der Waals surface area (Å²) in [7, 11) is 1.66. The standard InChI is InChI=1S/C15H22BrN3O2/c1-3-18-9-11-8-12(16)4-5-13(11)19-6-7-21-10-14(19)15(20)17-2/h4-5,8,14,18H,3,6-7,9-10H2,1-2H3,(H,17,20). The number of hydrogen-bond donors (Lipinski definition) is 2. The molecule has 1 aromatic carbocycles. The van der Waals surface area contributed by atoms with Crippen LogP contribution in [0.15, 0.2) is 22.7 Å². The highest BCUT2D eigenvalue weighted by atomic mass is 79.9. The van der Waals surface area contributed by atoms with Gasteiger partial charge in [-0.2, -0.15) is 0 Å². The van der Waals surface area contributed by atoms with Crippen molar-refractivity contribution in [2.24, 2.45) is 0 Å². The molecule has 1 fully saturated rings. The molecule has 1 unspecified atom stereocenters. The van der Waals surface area contributed by atoms with E-state index in [2.05, 4.69) is 50.5 Å². The van der Waals surface area contributed by atoms with Crippen LogP contribution in [0.25, 0.3) is 0 Å². The van der Waals surface area contributed by atoms with Crippen molar-refractivity contribution in [3.63, 3.8) is 0 Å². The van der Waals surface area contributed by atoms with Crippen LogP contribution in [0.5, 0.6) is 0 Å². The topological polar surface area (TPSA) is 53.6 Å². The Morgan fingerprint density at radius 1 is 1.52 bits per heavy atom. The monoisotopic (exact) mass is 355 g/mol. The van der Waals surface area contributed by atoms with Gasteiger partial charge in [-0.25, -0.2) is 0 Å². The van der Waals surface area contributed by atoms with Crippen LogP contribution in [0.3, 0.4) is 0 Å². The Labute approximate surface area is 134 Å². The van der Waals surface area contributed by atoms with Crippen molar-refractivity contribution in [3.05, 3.63) is 28.2 Å². The Morgan fingerprint density at radius 2 is 2.33 bits per heavy atom. The highest BCUT2D eigenvalue weighted by Gasteiger charge is 2.30. The second-order valence-corrected chi connectivity index (χ2v) is 5.87. The van der Waals surface area contributed by atoms with Crippen LogP contribution in [0.4, 0.5) is 5.69 Å². The summed E-state index contributed by atoms with van der Waals surface area (Å²) < 4.78 is 6.52. The lowest BCUT2D eigenvalue weighted by atomic mass is 10.1. The molecule has 1 aliphatic rings. The van der Waals surface area contributed by atoms with Gasteiger partial charge in [0.1, 0.15) is 6.04 Å². The van der Waals surface area contributed by atoms with Gasteiger partial charge in [-0.1, -0.05) is 22.9 Å². The molecule has 2 N–H and O–H groups in total. The summed E-state index contributed by atoms with van der Waals surface area (Å²) in [5.41, 5.74) is 2.28. The molecular weight excluding hydrogens is 334 g/mol. The molecule has 1 atom stereocenters. The third-order valence-corrected chi connectivity index (χ3v) is 4.09. The van der Waals surface area contributed by atoms with Crippen molar-refractivity contribution >= 4 is 27.5 Å². The summed E-state index contributed by atoms with van der Waals surface area (Å²) in [6.07, 6.45) is 0. The maximum Gasteiger partial charge on any atom is 0.244 e. The average Bonchev–Trinajstić information content (AvgIpc) is 2.52. The van der Waals surface area contributed by atoms with E-state index in [1.807, 2.05) is 6.07 Å². The number of likely N-dealkylation sites (N-methyl/N-ethyl adjacent to an activating group) is 1. The predicted octanol–water partition coefficient (Wildman–Crippen LogP) is 1.51. The van der Waals surface area contributed by atoms with Gasteiger partial charge in [0, 0.05) is 30.3 Å². The molecule has 1 saturated heterocycles. The van der Waals surface area contributed by atoms with E-state index in [4.69, 9.17) is 4.74 Å². The Hall–Kier alpha value is -1.11. The van der Waals surface area contributed by atoms with Gasteiger partial charge >= 0.3 is 0 Å². The van der Waals surface area contributed by atoms with Gasteiger partial charge in [-0.3, -0.25) is 4.79 Å². The molecule has 21 heavy (non-hydrogen) atoms. The zero-order valence-electron chi connectivity index (χ0n) is 12.5. The van der Waals surface area contributed by atoms with Crippen LogP contribution in [0.1, 0.15) is 12.5 Å². The maximum atomic E-state index is 12.1. The fraction of sp³-hybridized carbons (Fsp3) is 0.533. The number of nitrogens with one attached hydrogen (secondary N) is 2. The van der Waals surface area contributed by atoms with Crippen LogP contribution in [-0.2, 0) is 16.1 Å². The van der Waals surface area contributed by atoms with Gasteiger partial charge in [0.15, 0.2) is 0 Å². The number of amides is 1. The smallest absolute Gasteiger partial charge is 0.244 e. The predicted molar refractivity (Wildman–Crippen MR) is 87.5 cm³/mol. The van der Waals surface area contributed by atoms with E-state index in [0.29, 0.717) is 13.2 Å². The third kappa shape index (κ3) is 3.96. The van der Waals surface area contributed by atoms with E-state index < -0.39 is 0 Å². The molecule has 5 nitrogen and oxygen atoms in total. The van der Waals surface area contributed by atoms with Crippen molar-refractivity contribution < 1.29 is 9.53 Å². The lowest BCUT2D eigenvalue weighted by molar-refractivity contribution is -0.124. The van der Waals surface area contributed by atoms with E-state index in [9.17, 15) is 4.79 Å². The minimum absolute atomic E-state index is 0.00739. The summed E-state index contributed by atoms with van der Waals surface area (Å²) in [6, 6.07) is 5.92. The molecule has 6 heteroatoms. The quantitative estimate of drug-likeness (QED) is 0.840. The number of morpholine rings is 1. The fourth-order valence-electron chi connectivity index (χ4n) is 2.51. The largest absolute Gasteiger partial charge is 0.377 e. The number of benzene rings is 1. The molecule has 1 heterocycles. The van der Waals surface area contributed by atoms with E-state index in [-0.39, 0.29) is 11.9 Å². The van der Waals surface area contributed by atoms with E-state index in [1.165, 1.54) is 5.56 Å². The van der Waals surface area contributed by atoms with Crippen LogP contribution >= 0.6 is 15.9 Å². The van der Waals surface area contributed by atoms with Crippen LogP contribution < -0.4 is 15.5 Å². The first-order chi connectivity index (χ1) is 10.2. The molecule has 1 aromatic rings. The average molecular weight is 356 g/mol. The minimum atomic E-state index is -0.273. The lowest BCUT2D eigenvalue weighted by Gasteiger charge is -2.37. The maximum absolute atomic E-state index is 12.1. The highest BCUT2D eigenvalue weighted by molar-refractivity contribution is 9.10. The minimum Gasteiger partial charge on any atom is -0.377 e. The number of carbonyl (C=O) groups excluding carboxylic acids is 1. The molecule has 2 rings (SSSR count). The highest BCUT2D eigenvalue weighted by Crippen LogP contribution is 2.27. The van der Waals surface area contributed by atoms with Gasteiger partial charge in [0.25, 0.3) is 0 Å². The van der Waals surface area contributed by atoms with Crippen molar-refractivity contribution in [2.75, 3.05) is 38.3 Å². The van der Waals surface area contributed by atoms with Crippen LogP contribution in [-0.4, -0.2) is 45.3 Å². The Kier molecular flexibility index (Phi) is 6.02. The Bertz CT molecular complexity index is 496. The zero-order valence-corrected chi connectivity index (χ0v) is 14.1. The number of hydrogen-bond acceptors (Lipinski definition) is 4. The number of halogens is 1. The summed E-state index contributed by atoms with van der Waals surface area (Å²) in [6.45, 7) is 5.57. The fourth-order valence-corrected chi connectivity index (χ4v) is 2.92. The van der Waals surface area contributed by atoms with Crippen LogP contribution in [0, 0.1) is 0 Å². The molecule has 1 amide bonds. The van der Waals surface area contributed by atoms with Crippen molar-refractivity contribution in [3.8, 4) is 0 Å². The van der Waals surface area contributed by atoms with Gasteiger partial charge in [-0.15, -0.1) is 0 Å². The van der Waals surface area contributed by atoms with Gasteiger partial charge in [0.05, 0.1) is 13.2 Å². The molecule has 0 saturated carbocycles. The molecule has 116 valence electrons. The molecule has 0 bridgehead atoms. The number of carbonyl (C=O) groups is 1. The second-order valence-electron chi connectivity index (χ2n) is 4.95. The number of anilines is 1. The Morgan fingerprint density at radius 3 is 3.05 bits per heavy atom. The molecule has 0 spiro atoms. The molecular formula is C15H22BrN3O2. The number of nitrogens with zero attached hydrogens (tertiary/aromatic N) is 1. The first-order valence-electron chi connectivity index (χ1n) is 7.22. The third-order valence-electron chi connectivity index (χ3n) is 3.59. The lowest BCUT2D eigenvalue weighted by Crippen LogP contribution is -2.53. The summed E-state index contributed by atoms with van der Waals surface area (Å²) in [5, 5.41) is 6.07. The second kappa shape index (κ2) is 7.77. The number of ether oxygens (including phenoxy) is 1. The van der Waals surface area contributed by atoms with Crippen molar-refractivity contribution in [1.82, 2.24) is 10.6 Å². The van der Waals surface area contributed by atoms with Crippen molar-refractivity contribution in [2.45, 2.75) is 19.5 Å². The van der Waals surface area contributed by atoms with E-state index in [1.54, 1.807) is 7.05 Å². The summed E-state index contributed by atoms with van der Waals surface area (Å²) in [5.74, 6) is -0.00739. The molecule has 0 radical (unpaired) electrons. The van der Waals surface area contributed by atoms with Gasteiger partial charge in [0.2, 0.25) is 5.91 Å². The number of rotatable bonds is 5. The Balaban J connectivity index is 2.30. The van der Waals surface area contributed by atoms with Crippen LogP contribution in [0.2, 0.25) is 0 Å². The summed E-state index contributed by atoms with van der Waals surface area (Å²) >= 11 is 3.52. The van der Waals surface area contributed by atoms with Gasteiger partial charge < -0.3 is 20.3 Å². The van der Waals surface area contributed by atoms with Gasteiger partial charge in [-0.05, 0) is 30.3 Å². The first kappa shape index (κ1) is 16.3. The molecule has 0 aromatic heterocycles. The first-order valence-corrected chi connectivity index (χ1v) is 8.01. The normalized spacial score (nSPS) is 18.6. The van der Waals surface area contributed by atoms with E-state index >= 15 is 0 Å². The zero-order chi connectivity index (χ0) is 15.2. The molecule has 1 aliphatic heterocycles.